The van der Waals surface area contributed by atoms with Crippen LogP contribution in [0.2, 0.25) is 0 Å². The number of nitrogens with zero attached hydrogens (tertiary/aromatic N) is 1. The molecule has 0 aliphatic heterocycles. The fraction of sp³-hybridized carbons (Fsp3) is 0.263. The average molecular weight is 323 g/mol. The molecule has 1 aliphatic rings. The first kappa shape index (κ1) is 16.1. The van der Waals surface area contributed by atoms with Gasteiger partial charge in [-0.1, -0.05) is 37.3 Å². The maximum Gasteiger partial charge on any atom is 0.307 e. The highest BCUT2D eigenvalue weighted by molar-refractivity contribution is 6.33. The molecule has 1 aromatic carbocycles. The number of hydrogen-bond donors (Lipinski definition) is 0. The normalized spacial score (nSPS) is 15.2. The molecule has 5 heteroatoms. The molecule has 1 aliphatic carbocycles. The number of carbonyl (C=O) groups excluding carboxylic acids is 3. The fourth-order valence-corrected chi connectivity index (χ4v) is 3.10. The molecule has 1 aromatic heterocycles. The number of benzene rings is 1. The van der Waals surface area contributed by atoms with Crippen molar-refractivity contribution in [2.24, 2.45) is 0 Å². The van der Waals surface area contributed by atoms with Crippen LogP contribution in [0.3, 0.4) is 0 Å². The van der Waals surface area contributed by atoms with E-state index in [1.165, 1.54) is 7.11 Å². The van der Waals surface area contributed by atoms with Crippen molar-refractivity contribution >= 4 is 17.5 Å². The monoisotopic (exact) mass is 323 g/mol. The number of aryl methyl sites for hydroxylation is 1. The SMILES string of the molecule is CCc1ccc(C2(CC(=O)OC)C(=O)c3ccccc3C2=O)nc1. The lowest BCUT2D eigenvalue weighted by Gasteiger charge is -2.24. The van der Waals surface area contributed by atoms with Crippen LogP contribution in [0.15, 0.2) is 42.6 Å². The first-order chi connectivity index (χ1) is 11.5. The molecule has 0 unspecified atom stereocenters. The number of ether oxygens (including phenoxy) is 1. The largest absolute Gasteiger partial charge is 0.469 e. The predicted molar refractivity (Wildman–Crippen MR) is 87.0 cm³/mol. The molecular weight excluding hydrogens is 306 g/mol. The van der Waals surface area contributed by atoms with Gasteiger partial charge in [0.15, 0.2) is 11.6 Å². The van der Waals surface area contributed by atoms with Crippen molar-refractivity contribution in [3.8, 4) is 0 Å². The highest BCUT2D eigenvalue weighted by Crippen LogP contribution is 2.41. The van der Waals surface area contributed by atoms with Crippen LogP contribution in [-0.4, -0.2) is 29.6 Å². The van der Waals surface area contributed by atoms with Crippen LogP contribution < -0.4 is 0 Å². The van der Waals surface area contributed by atoms with Crippen LogP contribution in [0.5, 0.6) is 0 Å². The van der Waals surface area contributed by atoms with Gasteiger partial charge in [-0.15, -0.1) is 0 Å². The maximum atomic E-state index is 13.1. The van der Waals surface area contributed by atoms with Crippen molar-refractivity contribution in [2.45, 2.75) is 25.2 Å². The topological polar surface area (TPSA) is 73.3 Å². The number of methoxy groups -OCH3 is 1. The van der Waals surface area contributed by atoms with E-state index in [0.717, 1.165) is 12.0 Å². The molecule has 0 atom stereocenters. The van der Waals surface area contributed by atoms with Crippen molar-refractivity contribution in [1.29, 1.82) is 0 Å². The summed E-state index contributed by atoms with van der Waals surface area (Å²) in [5.74, 6) is -1.42. The minimum atomic E-state index is -1.64. The van der Waals surface area contributed by atoms with E-state index in [9.17, 15) is 14.4 Å². The van der Waals surface area contributed by atoms with E-state index in [0.29, 0.717) is 11.1 Å². The maximum absolute atomic E-state index is 13.1. The third-order valence-electron chi connectivity index (χ3n) is 4.50. The highest BCUT2D eigenvalue weighted by atomic mass is 16.5. The number of ketones is 2. The Morgan fingerprint density at radius 3 is 2.17 bits per heavy atom. The third kappa shape index (κ3) is 2.24. The Kier molecular flexibility index (Phi) is 4.01. The number of hydrogen-bond acceptors (Lipinski definition) is 5. The zero-order valence-corrected chi connectivity index (χ0v) is 13.5. The van der Waals surface area contributed by atoms with E-state index in [-0.39, 0.29) is 12.1 Å². The van der Waals surface area contributed by atoms with E-state index in [2.05, 4.69) is 4.98 Å². The Balaban J connectivity index is 2.19. The molecule has 5 nitrogen and oxygen atoms in total. The second-order valence-electron chi connectivity index (χ2n) is 5.77. The van der Waals surface area contributed by atoms with Crippen LogP contribution in [-0.2, 0) is 21.4 Å². The minimum Gasteiger partial charge on any atom is -0.469 e. The van der Waals surface area contributed by atoms with Gasteiger partial charge >= 0.3 is 5.97 Å². The second-order valence-corrected chi connectivity index (χ2v) is 5.77. The quantitative estimate of drug-likeness (QED) is 0.638. The van der Waals surface area contributed by atoms with Crippen LogP contribution in [0.25, 0.3) is 0 Å². The molecule has 0 fully saturated rings. The van der Waals surface area contributed by atoms with Crippen LogP contribution in [0, 0.1) is 0 Å². The van der Waals surface area contributed by atoms with E-state index >= 15 is 0 Å². The molecule has 122 valence electrons. The Labute approximate surface area is 139 Å². The van der Waals surface area contributed by atoms with Gasteiger partial charge in [0.25, 0.3) is 0 Å². The van der Waals surface area contributed by atoms with Crippen LogP contribution >= 0.6 is 0 Å². The molecule has 0 saturated carbocycles. The van der Waals surface area contributed by atoms with Crippen molar-refractivity contribution in [3.05, 3.63) is 65.0 Å². The van der Waals surface area contributed by atoms with Gasteiger partial charge in [0, 0.05) is 17.3 Å². The van der Waals surface area contributed by atoms with Gasteiger partial charge in [0.2, 0.25) is 0 Å². The second kappa shape index (κ2) is 6.00. The predicted octanol–water partition coefficient (Wildman–Crippen LogP) is 2.52. The number of pyridine rings is 1. The number of fused-ring (bicyclic) bond motifs is 1. The summed E-state index contributed by atoms with van der Waals surface area (Å²) < 4.78 is 4.73. The smallest absolute Gasteiger partial charge is 0.307 e. The van der Waals surface area contributed by atoms with E-state index in [1.54, 1.807) is 36.5 Å². The molecule has 3 rings (SSSR count). The third-order valence-corrected chi connectivity index (χ3v) is 4.50. The number of carbonyl (C=O) groups is 3. The molecule has 0 amide bonds. The molecular formula is C19H17NO4. The van der Waals surface area contributed by atoms with Crippen LogP contribution in [0.4, 0.5) is 0 Å². The van der Waals surface area contributed by atoms with E-state index in [1.807, 2.05) is 13.0 Å². The molecule has 24 heavy (non-hydrogen) atoms. The zero-order valence-electron chi connectivity index (χ0n) is 13.5. The standard InChI is InChI=1S/C19H17NO4/c1-3-12-8-9-15(20-11-12)19(10-16(21)24-2)17(22)13-6-4-5-7-14(13)18(19)23/h4-9,11H,3,10H2,1-2H3. The molecule has 0 spiro atoms. The summed E-state index contributed by atoms with van der Waals surface area (Å²) in [6.07, 6.45) is 2.08. The van der Waals surface area contributed by atoms with Gasteiger partial charge in [-0.2, -0.15) is 0 Å². The molecule has 2 aromatic rings. The molecule has 0 N–H and O–H groups in total. The van der Waals surface area contributed by atoms with E-state index in [4.69, 9.17) is 4.74 Å². The Bertz CT molecular complexity index is 789. The molecule has 0 saturated heterocycles. The van der Waals surface area contributed by atoms with Gasteiger partial charge in [-0.25, -0.2) is 0 Å². The van der Waals surface area contributed by atoms with Crippen molar-refractivity contribution in [2.75, 3.05) is 7.11 Å². The lowest BCUT2D eigenvalue weighted by molar-refractivity contribution is -0.141. The summed E-state index contributed by atoms with van der Waals surface area (Å²) in [5.41, 5.74) is 0.294. The molecule has 0 radical (unpaired) electrons. The summed E-state index contributed by atoms with van der Waals surface area (Å²) in [6.45, 7) is 1.99. The first-order valence-electron chi connectivity index (χ1n) is 7.75. The molecule has 1 heterocycles. The van der Waals surface area contributed by atoms with Crippen molar-refractivity contribution in [1.82, 2.24) is 4.98 Å². The average Bonchev–Trinajstić information content (AvgIpc) is 2.84. The Morgan fingerprint density at radius 2 is 1.71 bits per heavy atom. The fourth-order valence-electron chi connectivity index (χ4n) is 3.10. The summed E-state index contributed by atoms with van der Waals surface area (Å²) in [5, 5.41) is 0. The van der Waals surface area contributed by atoms with Gasteiger partial charge in [-0.05, 0) is 18.1 Å². The molecule has 0 bridgehead atoms. The summed E-state index contributed by atoms with van der Waals surface area (Å²) in [7, 11) is 1.24. The number of esters is 1. The van der Waals surface area contributed by atoms with E-state index < -0.39 is 23.0 Å². The van der Waals surface area contributed by atoms with Gasteiger partial charge in [0.05, 0.1) is 19.2 Å². The number of rotatable bonds is 4. The zero-order chi connectivity index (χ0) is 17.3. The van der Waals surface area contributed by atoms with Crippen molar-refractivity contribution in [3.63, 3.8) is 0 Å². The first-order valence-corrected chi connectivity index (χ1v) is 7.75. The minimum absolute atomic E-state index is 0.288. The van der Waals surface area contributed by atoms with Crippen LogP contribution in [0.1, 0.15) is 45.3 Å². The highest BCUT2D eigenvalue weighted by Gasteiger charge is 2.56. The lowest BCUT2D eigenvalue weighted by Crippen LogP contribution is -2.41. The summed E-state index contributed by atoms with van der Waals surface area (Å²) in [6, 6.07) is 10.1. The summed E-state index contributed by atoms with van der Waals surface area (Å²) >= 11 is 0. The number of Topliss-reactive ketones (excluding diaryl/α,β-unsaturated/α-hetero) is 2. The number of aromatic nitrogens is 1. The van der Waals surface area contributed by atoms with Crippen molar-refractivity contribution < 1.29 is 19.1 Å². The Morgan fingerprint density at radius 1 is 1.08 bits per heavy atom. The Hall–Kier alpha value is -2.82. The van der Waals surface area contributed by atoms with Gasteiger partial charge < -0.3 is 4.74 Å². The summed E-state index contributed by atoms with van der Waals surface area (Å²) in [4.78, 5) is 42.4. The lowest BCUT2D eigenvalue weighted by atomic mass is 9.76. The van der Waals surface area contributed by atoms with Gasteiger partial charge in [0.1, 0.15) is 5.41 Å². The van der Waals surface area contributed by atoms with Gasteiger partial charge in [-0.3, -0.25) is 19.4 Å².